The van der Waals surface area contributed by atoms with Crippen molar-refractivity contribution >= 4 is 0 Å². The van der Waals surface area contributed by atoms with Crippen molar-refractivity contribution < 1.29 is 0 Å². The fourth-order valence-corrected chi connectivity index (χ4v) is 2.74. The van der Waals surface area contributed by atoms with Crippen LogP contribution in [0.15, 0.2) is 30.3 Å². The van der Waals surface area contributed by atoms with Crippen molar-refractivity contribution in [3.8, 4) is 0 Å². The minimum atomic E-state index is 0.328. The summed E-state index contributed by atoms with van der Waals surface area (Å²) in [5.41, 5.74) is 1.76. The maximum Gasteiger partial charge on any atom is 0.0473 e. The molecule has 2 unspecified atom stereocenters. The summed E-state index contributed by atoms with van der Waals surface area (Å²) in [4.78, 5) is 2.60. The van der Waals surface area contributed by atoms with E-state index in [1.807, 2.05) is 0 Å². The molecule has 2 rings (SSSR count). The number of nitrogens with zero attached hydrogens (tertiary/aromatic N) is 1. The highest BCUT2D eigenvalue weighted by Crippen LogP contribution is 2.29. The van der Waals surface area contributed by atoms with E-state index < -0.39 is 0 Å². The molecule has 1 saturated heterocycles. The van der Waals surface area contributed by atoms with Gasteiger partial charge in [0.05, 0.1) is 0 Å². The molecule has 100 valence electrons. The Morgan fingerprint density at radius 3 is 2.44 bits per heavy atom. The van der Waals surface area contributed by atoms with E-state index in [2.05, 4.69) is 68.2 Å². The van der Waals surface area contributed by atoms with Gasteiger partial charge in [0.2, 0.25) is 0 Å². The Kier molecular flexibility index (Phi) is 4.08. The lowest BCUT2D eigenvalue weighted by atomic mass is 9.84. The van der Waals surface area contributed by atoms with Gasteiger partial charge in [0, 0.05) is 25.2 Å². The highest BCUT2D eigenvalue weighted by Gasteiger charge is 2.33. The third-order valence-corrected chi connectivity index (χ3v) is 4.05. The van der Waals surface area contributed by atoms with E-state index in [1.165, 1.54) is 5.56 Å². The average Bonchev–Trinajstić information content (AvgIpc) is 2.38. The van der Waals surface area contributed by atoms with Gasteiger partial charge in [0.25, 0.3) is 0 Å². The molecule has 0 bridgehead atoms. The molecular weight excluding hydrogens is 220 g/mol. The molecule has 0 saturated carbocycles. The van der Waals surface area contributed by atoms with Gasteiger partial charge >= 0.3 is 0 Å². The van der Waals surface area contributed by atoms with Gasteiger partial charge in [-0.05, 0) is 17.5 Å². The average molecular weight is 246 g/mol. The van der Waals surface area contributed by atoms with Crippen LogP contribution in [0, 0.1) is 5.41 Å². The molecule has 2 atom stereocenters. The van der Waals surface area contributed by atoms with E-state index in [0.29, 0.717) is 17.5 Å². The van der Waals surface area contributed by atoms with E-state index >= 15 is 0 Å². The summed E-state index contributed by atoms with van der Waals surface area (Å²) in [6.07, 6.45) is 0. The lowest BCUT2D eigenvalue weighted by molar-refractivity contribution is 0.0903. The minimum Gasteiger partial charge on any atom is -0.310 e. The molecule has 2 heteroatoms. The van der Waals surface area contributed by atoms with Crippen LogP contribution in [0.5, 0.6) is 0 Å². The summed E-state index contributed by atoms with van der Waals surface area (Å²) in [6.45, 7) is 12.5. The summed E-state index contributed by atoms with van der Waals surface area (Å²) >= 11 is 0. The highest BCUT2D eigenvalue weighted by molar-refractivity contribution is 5.20. The van der Waals surface area contributed by atoms with Gasteiger partial charge < -0.3 is 5.32 Å². The van der Waals surface area contributed by atoms with Crippen LogP contribution in [0.25, 0.3) is 0 Å². The molecule has 2 nitrogen and oxygen atoms in total. The number of likely N-dealkylation sites (N-methyl/N-ethyl adjacent to an activating group) is 1. The molecule has 1 aliphatic heterocycles. The van der Waals surface area contributed by atoms with Crippen LogP contribution in [0.3, 0.4) is 0 Å². The second-order valence-electron chi connectivity index (χ2n) is 6.34. The van der Waals surface area contributed by atoms with Gasteiger partial charge in [-0.15, -0.1) is 0 Å². The van der Waals surface area contributed by atoms with Crippen LogP contribution < -0.4 is 5.32 Å². The van der Waals surface area contributed by atoms with Crippen molar-refractivity contribution in [3.05, 3.63) is 35.9 Å². The zero-order valence-electron chi connectivity index (χ0n) is 12.1. The first-order chi connectivity index (χ1) is 8.52. The summed E-state index contributed by atoms with van der Waals surface area (Å²) in [5, 5.41) is 3.73. The molecule has 1 N–H and O–H groups in total. The Balaban J connectivity index is 2.12. The number of nitrogens with one attached hydrogen (secondary N) is 1. The number of piperazine rings is 1. The molecule has 1 heterocycles. The van der Waals surface area contributed by atoms with Gasteiger partial charge in [0.15, 0.2) is 0 Å². The lowest BCUT2D eigenvalue weighted by Gasteiger charge is -2.45. The number of benzene rings is 1. The number of rotatable bonds is 2. The first-order valence-electron chi connectivity index (χ1n) is 7.04. The van der Waals surface area contributed by atoms with Crippen molar-refractivity contribution in [1.29, 1.82) is 0 Å². The summed E-state index contributed by atoms with van der Waals surface area (Å²) < 4.78 is 0. The largest absolute Gasteiger partial charge is 0.310 e. The zero-order valence-corrected chi connectivity index (χ0v) is 12.1. The molecule has 0 aliphatic carbocycles. The molecule has 0 spiro atoms. The standard InChI is InChI=1S/C16H26N2/c1-5-18-12-15(16(2,3)4)17-11-14(18)13-9-7-6-8-10-13/h6-10,14-15,17H,5,11-12H2,1-4H3. The Bertz CT molecular complexity index is 366. The third kappa shape index (κ3) is 2.93. The Labute approximate surface area is 111 Å². The topological polar surface area (TPSA) is 15.3 Å². The maximum absolute atomic E-state index is 3.73. The molecule has 1 fully saturated rings. The highest BCUT2D eigenvalue weighted by atomic mass is 15.2. The third-order valence-electron chi connectivity index (χ3n) is 4.05. The van der Waals surface area contributed by atoms with Crippen LogP contribution in [-0.2, 0) is 0 Å². The molecule has 0 amide bonds. The minimum absolute atomic E-state index is 0.328. The van der Waals surface area contributed by atoms with Gasteiger partial charge in [-0.3, -0.25) is 4.90 Å². The summed E-state index contributed by atoms with van der Waals surface area (Å²) in [6, 6.07) is 12.0. The van der Waals surface area contributed by atoms with Crippen molar-refractivity contribution in [1.82, 2.24) is 10.2 Å². The van der Waals surface area contributed by atoms with Gasteiger partial charge in [-0.1, -0.05) is 58.0 Å². The number of hydrogen-bond acceptors (Lipinski definition) is 2. The van der Waals surface area contributed by atoms with Crippen LogP contribution >= 0.6 is 0 Å². The van der Waals surface area contributed by atoms with Gasteiger partial charge in [-0.25, -0.2) is 0 Å². The van der Waals surface area contributed by atoms with E-state index in [0.717, 1.165) is 19.6 Å². The lowest BCUT2D eigenvalue weighted by Crippen LogP contribution is -2.56. The monoisotopic (exact) mass is 246 g/mol. The Hall–Kier alpha value is -0.860. The predicted molar refractivity (Wildman–Crippen MR) is 77.7 cm³/mol. The second kappa shape index (κ2) is 5.41. The fraction of sp³-hybridized carbons (Fsp3) is 0.625. The first-order valence-corrected chi connectivity index (χ1v) is 7.04. The molecular formula is C16H26N2. The molecule has 0 radical (unpaired) electrons. The van der Waals surface area contributed by atoms with Crippen molar-refractivity contribution in [2.45, 2.75) is 39.8 Å². The van der Waals surface area contributed by atoms with Crippen LogP contribution in [0.1, 0.15) is 39.3 Å². The smallest absolute Gasteiger partial charge is 0.0473 e. The first kappa shape index (κ1) is 13.6. The predicted octanol–water partition coefficient (Wildman–Crippen LogP) is 3.07. The normalized spacial score (nSPS) is 26.2. The fourth-order valence-electron chi connectivity index (χ4n) is 2.74. The van der Waals surface area contributed by atoms with Crippen LogP contribution in [0.2, 0.25) is 0 Å². The molecule has 0 aromatic heterocycles. The Morgan fingerprint density at radius 1 is 1.22 bits per heavy atom. The van der Waals surface area contributed by atoms with E-state index in [4.69, 9.17) is 0 Å². The van der Waals surface area contributed by atoms with E-state index in [1.54, 1.807) is 0 Å². The van der Waals surface area contributed by atoms with Crippen molar-refractivity contribution in [2.24, 2.45) is 5.41 Å². The van der Waals surface area contributed by atoms with Crippen molar-refractivity contribution in [2.75, 3.05) is 19.6 Å². The summed E-state index contributed by atoms with van der Waals surface area (Å²) in [5.74, 6) is 0. The number of hydrogen-bond donors (Lipinski definition) is 1. The van der Waals surface area contributed by atoms with Gasteiger partial charge in [-0.2, -0.15) is 0 Å². The van der Waals surface area contributed by atoms with E-state index in [9.17, 15) is 0 Å². The summed E-state index contributed by atoms with van der Waals surface area (Å²) in [7, 11) is 0. The maximum atomic E-state index is 3.73. The molecule has 1 aromatic rings. The van der Waals surface area contributed by atoms with Crippen LogP contribution in [-0.4, -0.2) is 30.6 Å². The quantitative estimate of drug-likeness (QED) is 0.863. The van der Waals surface area contributed by atoms with E-state index in [-0.39, 0.29) is 0 Å². The van der Waals surface area contributed by atoms with Crippen molar-refractivity contribution in [3.63, 3.8) is 0 Å². The second-order valence-corrected chi connectivity index (χ2v) is 6.34. The SMILES string of the molecule is CCN1CC(C(C)(C)C)NCC1c1ccccc1. The van der Waals surface area contributed by atoms with Gasteiger partial charge in [0.1, 0.15) is 0 Å². The molecule has 1 aliphatic rings. The molecule has 1 aromatic carbocycles. The molecule has 18 heavy (non-hydrogen) atoms. The van der Waals surface area contributed by atoms with Crippen LogP contribution in [0.4, 0.5) is 0 Å². The zero-order chi connectivity index (χ0) is 13.2. The Morgan fingerprint density at radius 2 is 1.89 bits per heavy atom.